The first-order valence-electron chi connectivity index (χ1n) is 6.12. The molecule has 1 aliphatic heterocycles. The van der Waals surface area contributed by atoms with Crippen molar-refractivity contribution in [3.8, 4) is 0 Å². The topological polar surface area (TPSA) is 12.0 Å². The fourth-order valence-corrected chi connectivity index (χ4v) is 2.80. The molecule has 1 aromatic rings. The zero-order valence-corrected chi connectivity index (χ0v) is 10.1. The van der Waals surface area contributed by atoms with Crippen LogP contribution in [0.25, 0.3) is 0 Å². The summed E-state index contributed by atoms with van der Waals surface area (Å²) in [5.41, 5.74) is 1.26. The van der Waals surface area contributed by atoms with Crippen LogP contribution in [0.15, 0.2) is 24.3 Å². The van der Waals surface area contributed by atoms with Crippen LogP contribution in [0.3, 0.4) is 0 Å². The monoisotopic (exact) mass is 221 g/mol. The molecule has 2 rings (SSSR count). The molecule has 0 bridgehead atoms. The Kier molecular flexibility index (Phi) is 3.29. The van der Waals surface area contributed by atoms with Crippen LogP contribution >= 0.6 is 0 Å². The van der Waals surface area contributed by atoms with Gasteiger partial charge in [-0.05, 0) is 43.0 Å². The van der Waals surface area contributed by atoms with Crippen LogP contribution in [0, 0.1) is 11.7 Å². The highest BCUT2D eigenvalue weighted by Crippen LogP contribution is 2.38. The number of hydrogen-bond donors (Lipinski definition) is 1. The Labute approximate surface area is 97.1 Å². The summed E-state index contributed by atoms with van der Waals surface area (Å²) in [6.45, 7) is 6.52. The standard InChI is InChI=1S/C14H20FN/c1-11(2)14(7-4-8-16-10-14)12-5-3-6-13(15)9-12/h3,5-6,9,11,16H,4,7-8,10H2,1-2H3. The highest BCUT2D eigenvalue weighted by Gasteiger charge is 2.36. The van der Waals surface area contributed by atoms with Gasteiger partial charge in [0.15, 0.2) is 0 Å². The van der Waals surface area contributed by atoms with Gasteiger partial charge < -0.3 is 5.32 Å². The Hall–Kier alpha value is -0.890. The van der Waals surface area contributed by atoms with E-state index in [-0.39, 0.29) is 11.2 Å². The molecule has 0 radical (unpaired) electrons. The Morgan fingerprint density at radius 2 is 2.19 bits per heavy atom. The van der Waals surface area contributed by atoms with E-state index < -0.39 is 0 Å². The Balaban J connectivity index is 2.38. The Morgan fingerprint density at radius 1 is 1.38 bits per heavy atom. The van der Waals surface area contributed by atoms with Crippen molar-refractivity contribution >= 4 is 0 Å². The summed E-state index contributed by atoms with van der Waals surface area (Å²) in [4.78, 5) is 0. The maximum Gasteiger partial charge on any atom is 0.123 e. The van der Waals surface area contributed by atoms with Gasteiger partial charge in [-0.25, -0.2) is 4.39 Å². The molecule has 0 aromatic heterocycles. The van der Waals surface area contributed by atoms with Crippen molar-refractivity contribution in [1.29, 1.82) is 0 Å². The molecule has 0 saturated carbocycles. The van der Waals surface area contributed by atoms with Crippen LogP contribution in [0.1, 0.15) is 32.3 Å². The Bertz CT molecular complexity index is 354. The minimum Gasteiger partial charge on any atom is -0.316 e. The molecule has 2 heteroatoms. The summed E-state index contributed by atoms with van der Waals surface area (Å²) >= 11 is 0. The molecule has 1 nitrogen and oxygen atoms in total. The fraction of sp³-hybridized carbons (Fsp3) is 0.571. The summed E-state index contributed by atoms with van der Waals surface area (Å²) in [7, 11) is 0. The molecular formula is C14H20FN. The van der Waals surface area contributed by atoms with Gasteiger partial charge >= 0.3 is 0 Å². The van der Waals surface area contributed by atoms with Gasteiger partial charge in [0, 0.05) is 12.0 Å². The van der Waals surface area contributed by atoms with Gasteiger partial charge in [-0.15, -0.1) is 0 Å². The molecule has 1 unspecified atom stereocenters. The number of piperidine rings is 1. The number of benzene rings is 1. The third-order valence-electron chi connectivity index (χ3n) is 3.92. The molecule has 1 N–H and O–H groups in total. The molecular weight excluding hydrogens is 201 g/mol. The average molecular weight is 221 g/mol. The van der Waals surface area contributed by atoms with Crippen molar-refractivity contribution in [2.75, 3.05) is 13.1 Å². The molecule has 88 valence electrons. The summed E-state index contributed by atoms with van der Waals surface area (Å²) in [6, 6.07) is 7.11. The molecule has 16 heavy (non-hydrogen) atoms. The predicted molar refractivity (Wildman–Crippen MR) is 65.0 cm³/mol. The van der Waals surface area contributed by atoms with E-state index in [9.17, 15) is 4.39 Å². The molecule has 1 aromatic carbocycles. The van der Waals surface area contributed by atoms with Crippen molar-refractivity contribution in [1.82, 2.24) is 5.32 Å². The number of halogens is 1. The highest BCUT2D eigenvalue weighted by atomic mass is 19.1. The Morgan fingerprint density at radius 3 is 2.75 bits per heavy atom. The van der Waals surface area contributed by atoms with Gasteiger partial charge in [-0.1, -0.05) is 26.0 Å². The van der Waals surface area contributed by atoms with E-state index in [2.05, 4.69) is 25.2 Å². The van der Waals surface area contributed by atoms with Crippen molar-refractivity contribution < 1.29 is 4.39 Å². The largest absolute Gasteiger partial charge is 0.316 e. The van der Waals surface area contributed by atoms with Crippen LogP contribution in [-0.4, -0.2) is 13.1 Å². The fourth-order valence-electron chi connectivity index (χ4n) is 2.80. The van der Waals surface area contributed by atoms with Gasteiger partial charge in [0.2, 0.25) is 0 Å². The smallest absolute Gasteiger partial charge is 0.123 e. The van der Waals surface area contributed by atoms with Crippen LogP contribution in [0.4, 0.5) is 4.39 Å². The van der Waals surface area contributed by atoms with Crippen molar-refractivity contribution in [2.45, 2.75) is 32.1 Å². The van der Waals surface area contributed by atoms with E-state index in [0.717, 1.165) is 25.1 Å². The third kappa shape index (κ3) is 1.99. The number of nitrogens with one attached hydrogen (secondary N) is 1. The number of hydrogen-bond acceptors (Lipinski definition) is 1. The van der Waals surface area contributed by atoms with E-state index in [1.165, 1.54) is 12.5 Å². The van der Waals surface area contributed by atoms with E-state index in [1.54, 1.807) is 6.07 Å². The van der Waals surface area contributed by atoms with Gasteiger partial charge in [0.25, 0.3) is 0 Å². The van der Waals surface area contributed by atoms with E-state index in [1.807, 2.05) is 6.07 Å². The van der Waals surface area contributed by atoms with Gasteiger partial charge in [0.05, 0.1) is 0 Å². The molecule has 0 amide bonds. The predicted octanol–water partition coefficient (Wildman–Crippen LogP) is 3.10. The second kappa shape index (κ2) is 4.54. The first kappa shape index (κ1) is 11.6. The first-order valence-corrected chi connectivity index (χ1v) is 6.12. The molecule has 1 fully saturated rings. The van der Waals surface area contributed by atoms with Crippen LogP contribution in [0.2, 0.25) is 0 Å². The second-order valence-electron chi connectivity index (χ2n) is 5.10. The summed E-state index contributed by atoms with van der Waals surface area (Å²) in [6.07, 6.45) is 2.33. The lowest BCUT2D eigenvalue weighted by molar-refractivity contribution is 0.233. The van der Waals surface area contributed by atoms with Gasteiger partial charge in [0.1, 0.15) is 5.82 Å². The zero-order chi connectivity index (χ0) is 11.6. The van der Waals surface area contributed by atoms with Crippen LogP contribution < -0.4 is 5.32 Å². The first-order chi connectivity index (χ1) is 7.65. The average Bonchev–Trinajstić information content (AvgIpc) is 2.30. The van der Waals surface area contributed by atoms with E-state index >= 15 is 0 Å². The summed E-state index contributed by atoms with van der Waals surface area (Å²) in [5.74, 6) is 0.408. The lowest BCUT2D eigenvalue weighted by Crippen LogP contribution is -2.46. The SMILES string of the molecule is CC(C)C1(c2cccc(F)c2)CCCNC1. The second-order valence-corrected chi connectivity index (χ2v) is 5.10. The lowest BCUT2D eigenvalue weighted by atomic mass is 9.67. The third-order valence-corrected chi connectivity index (χ3v) is 3.92. The molecule has 1 heterocycles. The quantitative estimate of drug-likeness (QED) is 0.809. The molecule has 1 aliphatic rings. The maximum absolute atomic E-state index is 13.3. The minimum atomic E-state index is -0.122. The molecule has 1 atom stereocenters. The van der Waals surface area contributed by atoms with Crippen LogP contribution in [-0.2, 0) is 5.41 Å². The molecule has 0 spiro atoms. The van der Waals surface area contributed by atoms with Gasteiger partial charge in [-0.3, -0.25) is 0 Å². The summed E-state index contributed by atoms with van der Waals surface area (Å²) < 4.78 is 13.3. The molecule has 0 aliphatic carbocycles. The van der Waals surface area contributed by atoms with Crippen LogP contribution in [0.5, 0.6) is 0 Å². The normalized spacial score (nSPS) is 26.0. The highest BCUT2D eigenvalue weighted by molar-refractivity contribution is 5.28. The van der Waals surface area contributed by atoms with E-state index in [4.69, 9.17) is 0 Å². The van der Waals surface area contributed by atoms with Crippen molar-refractivity contribution in [3.63, 3.8) is 0 Å². The number of rotatable bonds is 2. The maximum atomic E-state index is 13.3. The minimum absolute atomic E-state index is 0.111. The van der Waals surface area contributed by atoms with Crippen molar-refractivity contribution in [2.24, 2.45) is 5.92 Å². The van der Waals surface area contributed by atoms with Gasteiger partial charge in [-0.2, -0.15) is 0 Å². The zero-order valence-electron chi connectivity index (χ0n) is 10.1. The van der Waals surface area contributed by atoms with E-state index in [0.29, 0.717) is 5.92 Å². The molecule has 1 saturated heterocycles. The lowest BCUT2D eigenvalue weighted by Gasteiger charge is -2.42. The van der Waals surface area contributed by atoms with Crippen molar-refractivity contribution in [3.05, 3.63) is 35.6 Å². The summed E-state index contributed by atoms with van der Waals surface area (Å²) in [5, 5.41) is 3.45.